The van der Waals surface area contributed by atoms with Crippen molar-refractivity contribution in [2.45, 2.75) is 13.3 Å². The van der Waals surface area contributed by atoms with E-state index < -0.39 is 0 Å². The van der Waals surface area contributed by atoms with Crippen LogP contribution in [0.5, 0.6) is 5.88 Å². The number of ketones is 1. The van der Waals surface area contributed by atoms with E-state index in [0.29, 0.717) is 24.6 Å². The number of pyridine rings is 1. The van der Waals surface area contributed by atoms with Gasteiger partial charge in [-0.05, 0) is 20.2 Å². The molecule has 0 aromatic carbocycles. The number of carbonyl (C=O) groups excluding carboxylic acids is 1. The van der Waals surface area contributed by atoms with Gasteiger partial charge in [0.15, 0.2) is 5.78 Å². The van der Waals surface area contributed by atoms with Gasteiger partial charge >= 0.3 is 0 Å². The van der Waals surface area contributed by atoms with Crippen LogP contribution in [0.3, 0.4) is 0 Å². The van der Waals surface area contributed by atoms with Crippen LogP contribution in [0.4, 0.5) is 0 Å². The summed E-state index contributed by atoms with van der Waals surface area (Å²) in [6.07, 6.45) is 2.19. The minimum atomic E-state index is 0.103. The molecule has 0 radical (unpaired) electrons. The molecule has 0 aliphatic carbocycles. The van der Waals surface area contributed by atoms with Crippen LogP contribution in [0.15, 0.2) is 18.3 Å². The molecule has 0 spiro atoms. The van der Waals surface area contributed by atoms with Gasteiger partial charge in [-0.2, -0.15) is 0 Å². The smallest absolute Gasteiger partial charge is 0.213 e. The minimum Gasteiger partial charge on any atom is -0.476 e. The first-order valence-corrected chi connectivity index (χ1v) is 6.39. The Labute approximate surface area is 112 Å². The van der Waals surface area contributed by atoms with E-state index in [1.807, 2.05) is 38.1 Å². The third-order valence-electron chi connectivity index (χ3n) is 2.89. The third-order valence-corrected chi connectivity index (χ3v) is 2.89. The Morgan fingerprint density at radius 2 is 2.21 bits per heavy atom. The van der Waals surface area contributed by atoms with Gasteiger partial charge in [0, 0.05) is 24.4 Å². The summed E-state index contributed by atoms with van der Waals surface area (Å²) in [6, 6.07) is 3.70. The minimum absolute atomic E-state index is 0.103. The van der Waals surface area contributed by atoms with Gasteiger partial charge in [0.25, 0.3) is 0 Å². The van der Waals surface area contributed by atoms with E-state index in [2.05, 4.69) is 9.97 Å². The van der Waals surface area contributed by atoms with Crippen molar-refractivity contribution in [2.75, 3.05) is 27.2 Å². The zero-order chi connectivity index (χ0) is 13.8. The lowest BCUT2D eigenvalue weighted by atomic mass is 10.2. The summed E-state index contributed by atoms with van der Waals surface area (Å²) in [5, 5.41) is 0.951. The number of aromatic nitrogens is 2. The maximum absolute atomic E-state index is 11.6. The van der Waals surface area contributed by atoms with Crippen molar-refractivity contribution in [3.63, 3.8) is 0 Å². The molecule has 2 rings (SSSR count). The standard InChI is InChI=1S/C14H19N3O2/c1-4-13(18)11-7-10-8-14(15-9-12(10)16-11)19-6-5-17(2)3/h7-9,16H,4-6H2,1-3H3. The predicted octanol–water partition coefficient (Wildman–Crippen LogP) is 2.10. The van der Waals surface area contributed by atoms with Gasteiger partial charge < -0.3 is 14.6 Å². The maximum Gasteiger partial charge on any atom is 0.213 e. The molecule has 1 N–H and O–H groups in total. The summed E-state index contributed by atoms with van der Waals surface area (Å²) in [6.45, 7) is 3.28. The lowest BCUT2D eigenvalue weighted by molar-refractivity contribution is 0.0984. The number of Topliss-reactive ketones (excluding diaryl/α,β-unsaturated/α-hetero) is 1. The topological polar surface area (TPSA) is 58.2 Å². The highest BCUT2D eigenvalue weighted by molar-refractivity contribution is 5.99. The first-order valence-electron chi connectivity index (χ1n) is 6.39. The highest BCUT2D eigenvalue weighted by Gasteiger charge is 2.08. The number of rotatable bonds is 6. The summed E-state index contributed by atoms with van der Waals surface area (Å²) < 4.78 is 5.57. The maximum atomic E-state index is 11.6. The summed E-state index contributed by atoms with van der Waals surface area (Å²) in [5.41, 5.74) is 1.49. The average molecular weight is 261 g/mol. The second-order valence-corrected chi connectivity index (χ2v) is 4.72. The molecule has 0 atom stereocenters. The van der Waals surface area contributed by atoms with Gasteiger partial charge in [-0.25, -0.2) is 4.98 Å². The molecule has 0 saturated heterocycles. The molecule has 5 heteroatoms. The van der Waals surface area contributed by atoms with Gasteiger partial charge in [-0.1, -0.05) is 6.92 Å². The highest BCUT2D eigenvalue weighted by Crippen LogP contribution is 2.19. The van der Waals surface area contributed by atoms with Crippen LogP contribution >= 0.6 is 0 Å². The van der Waals surface area contributed by atoms with E-state index in [-0.39, 0.29) is 5.78 Å². The Morgan fingerprint density at radius 3 is 2.89 bits per heavy atom. The van der Waals surface area contributed by atoms with E-state index in [1.165, 1.54) is 0 Å². The summed E-state index contributed by atoms with van der Waals surface area (Å²) >= 11 is 0. The predicted molar refractivity (Wildman–Crippen MR) is 74.8 cm³/mol. The van der Waals surface area contributed by atoms with E-state index in [4.69, 9.17) is 4.74 Å². The molecule has 2 aromatic rings. The molecular weight excluding hydrogens is 242 g/mol. The second kappa shape index (κ2) is 5.84. The molecule has 0 unspecified atom stereocenters. The van der Waals surface area contributed by atoms with Crippen molar-refractivity contribution in [2.24, 2.45) is 0 Å². The number of likely N-dealkylation sites (N-methyl/N-ethyl adjacent to an activating group) is 1. The summed E-state index contributed by atoms with van der Waals surface area (Å²) in [4.78, 5) is 21.0. The highest BCUT2D eigenvalue weighted by atomic mass is 16.5. The van der Waals surface area contributed by atoms with Crippen LogP contribution in [0, 0.1) is 0 Å². The van der Waals surface area contributed by atoms with Crippen LogP contribution in [0.1, 0.15) is 23.8 Å². The molecule has 0 aliphatic rings. The number of ether oxygens (including phenoxy) is 1. The van der Waals surface area contributed by atoms with Gasteiger partial charge in [-0.15, -0.1) is 0 Å². The van der Waals surface area contributed by atoms with Crippen molar-refractivity contribution in [1.82, 2.24) is 14.9 Å². The van der Waals surface area contributed by atoms with Gasteiger partial charge in [-0.3, -0.25) is 4.79 Å². The monoisotopic (exact) mass is 261 g/mol. The molecule has 0 amide bonds. The third kappa shape index (κ3) is 3.32. The fourth-order valence-corrected chi connectivity index (χ4v) is 1.76. The second-order valence-electron chi connectivity index (χ2n) is 4.72. The van der Waals surface area contributed by atoms with Crippen molar-refractivity contribution < 1.29 is 9.53 Å². The fourth-order valence-electron chi connectivity index (χ4n) is 1.76. The zero-order valence-corrected chi connectivity index (χ0v) is 11.6. The van der Waals surface area contributed by atoms with E-state index in [0.717, 1.165) is 17.4 Å². The van der Waals surface area contributed by atoms with Gasteiger partial charge in [0.1, 0.15) is 6.61 Å². The Hall–Kier alpha value is -1.88. The molecule has 102 valence electrons. The zero-order valence-electron chi connectivity index (χ0n) is 11.6. The number of nitrogens with zero attached hydrogens (tertiary/aromatic N) is 2. The first kappa shape index (κ1) is 13.5. The summed E-state index contributed by atoms with van der Waals surface area (Å²) in [7, 11) is 3.99. The Morgan fingerprint density at radius 1 is 1.42 bits per heavy atom. The van der Waals surface area contributed by atoms with Crippen molar-refractivity contribution in [1.29, 1.82) is 0 Å². The molecule has 0 aliphatic heterocycles. The largest absolute Gasteiger partial charge is 0.476 e. The number of aromatic amines is 1. The number of fused-ring (bicyclic) bond motifs is 1. The molecule has 19 heavy (non-hydrogen) atoms. The van der Waals surface area contributed by atoms with Crippen LogP contribution in [-0.4, -0.2) is 47.9 Å². The Bertz CT molecular complexity index is 575. The van der Waals surface area contributed by atoms with Crippen molar-refractivity contribution in [3.8, 4) is 5.88 Å². The van der Waals surface area contributed by atoms with Crippen molar-refractivity contribution in [3.05, 3.63) is 24.0 Å². The summed E-state index contributed by atoms with van der Waals surface area (Å²) in [5.74, 6) is 0.690. The number of H-pyrrole nitrogens is 1. The van der Waals surface area contributed by atoms with Crippen LogP contribution in [-0.2, 0) is 0 Å². The number of carbonyl (C=O) groups is 1. The number of nitrogens with one attached hydrogen (secondary N) is 1. The van der Waals surface area contributed by atoms with Gasteiger partial charge in [0.2, 0.25) is 5.88 Å². The van der Waals surface area contributed by atoms with Crippen LogP contribution in [0.25, 0.3) is 10.9 Å². The molecule has 0 bridgehead atoms. The van der Waals surface area contributed by atoms with Crippen molar-refractivity contribution >= 4 is 16.7 Å². The van der Waals surface area contributed by atoms with E-state index in [9.17, 15) is 4.79 Å². The molecule has 5 nitrogen and oxygen atoms in total. The number of hydrogen-bond acceptors (Lipinski definition) is 4. The fraction of sp³-hybridized carbons (Fsp3) is 0.429. The van der Waals surface area contributed by atoms with Crippen LogP contribution in [0.2, 0.25) is 0 Å². The molecule has 0 saturated carbocycles. The molecule has 2 heterocycles. The van der Waals surface area contributed by atoms with Gasteiger partial charge in [0.05, 0.1) is 17.4 Å². The quantitative estimate of drug-likeness (QED) is 0.809. The number of hydrogen-bond donors (Lipinski definition) is 1. The molecule has 2 aromatic heterocycles. The SMILES string of the molecule is CCC(=O)c1cc2cc(OCCN(C)C)ncc2[nH]1. The molecular formula is C14H19N3O2. The normalized spacial score (nSPS) is 11.2. The first-order chi connectivity index (χ1) is 9.10. The average Bonchev–Trinajstić information content (AvgIpc) is 2.80. The Balaban J connectivity index is 2.13. The Kier molecular flexibility index (Phi) is 4.16. The van der Waals surface area contributed by atoms with Crippen LogP contribution < -0.4 is 4.74 Å². The molecule has 0 fully saturated rings. The van der Waals surface area contributed by atoms with E-state index in [1.54, 1.807) is 6.20 Å². The lowest BCUT2D eigenvalue weighted by Gasteiger charge is -2.10. The van der Waals surface area contributed by atoms with E-state index >= 15 is 0 Å². The lowest BCUT2D eigenvalue weighted by Crippen LogP contribution is -2.19.